The molecule has 0 atom stereocenters. The van der Waals surface area contributed by atoms with Crippen LogP contribution in [0.2, 0.25) is 0 Å². The molecule has 0 aliphatic rings. The van der Waals surface area contributed by atoms with E-state index >= 15 is 0 Å². The molecule has 3 aromatic rings. The number of halogens is 1. The average molecular weight is 697 g/mol. The number of hydrogen-bond donors (Lipinski definition) is 0. The summed E-state index contributed by atoms with van der Waals surface area (Å²) in [5.74, 6) is 3.80. The van der Waals surface area contributed by atoms with Gasteiger partial charge in [-0.15, -0.1) is 11.1 Å². The van der Waals surface area contributed by atoms with E-state index in [2.05, 4.69) is 0 Å². The van der Waals surface area contributed by atoms with E-state index in [1.165, 1.54) is 85.3 Å². The summed E-state index contributed by atoms with van der Waals surface area (Å²) >= 11 is 8.48. The molecule has 3 rings (SSSR count). The van der Waals surface area contributed by atoms with Gasteiger partial charge < -0.3 is 56.8 Å². The molecule has 0 N–H and O–H groups in total. The average Bonchev–Trinajstić information content (AvgIpc) is 3.08. The molecule has 0 fully saturated rings. The Morgan fingerprint density at radius 3 is 0.596 bits per heavy atom. The molecular formula is C33H45ClO12Si. The lowest BCUT2D eigenvalue weighted by Crippen LogP contribution is -2.65. The zero-order valence-corrected chi connectivity index (χ0v) is 31.5. The standard InChI is InChI=1S/C33H45ClO12Si/c1-16-19(35-4)25(41-10)28(44-13)31(22(16)38-7)47(34,32-23(39-8)17(2)20(36-5)26(42-11)29(32)45-14)33-24(40-9)18(3)21(37-6)27(43-12)30(33)46-15/h1-15H3. The van der Waals surface area contributed by atoms with Gasteiger partial charge in [-0.25, -0.2) is 0 Å². The SMILES string of the molecule is COc1c(C)c(OC)c([Si](Cl)(c2c(OC)c(C)c(OC)c(OC)c2OC)c2c(OC)c(C)c(OC)c(OC)c2OC)c(OC)c1OC. The van der Waals surface area contributed by atoms with Crippen LogP contribution >= 0.6 is 11.1 Å². The molecule has 0 heterocycles. The Balaban J connectivity index is 3.03. The van der Waals surface area contributed by atoms with Gasteiger partial charge in [0.15, 0.2) is 34.5 Å². The molecule has 0 spiro atoms. The van der Waals surface area contributed by atoms with Crippen molar-refractivity contribution in [3.8, 4) is 69.0 Å². The molecule has 0 radical (unpaired) electrons. The van der Waals surface area contributed by atoms with Gasteiger partial charge in [0.05, 0.1) is 101 Å². The fourth-order valence-corrected chi connectivity index (χ4v) is 12.0. The number of hydrogen-bond acceptors (Lipinski definition) is 12. The smallest absolute Gasteiger partial charge is 0.271 e. The first kappa shape index (κ1) is 37.2. The summed E-state index contributed by atoms with van der Waals surface area (Å²) in [4.78, 5) is 0. The number of benzene rings is 3. The van der Waals surface area contributed by atoms with Gasteiger partial charge >= 0.3 is 0 Å². The molecule has 0 aromatic heterocycles. The fourth-order valence-electron chi connectivity index (χ4n) is 6.30. The van der Waals surface area contributed by atoms with Crippen molar-refractivity contribution in [2.45, 2.75) is 20.8 Å². The highest BCUT2D eigenvalue weighted by Gasteiger charge is 2.55. The summed E-state index contributed by atoms with van der Waals surface area (Å²) in [7, 11) is 13.9. The molecule has 260 valence electrons. The normalized spacial score (nSPS) is 11.0. The predicted octanol–water partition coefficient (Wildman–Crippen LogP) is 3.92. The van der Waals surface area contributed by atoms with Crippen molar-refractivity contribution < 1.29 is 56.8 Å². The van der Waals surface area contributed by atoms with Crippen molar-refractivity contribution in [3.63, 3.8) is 0 Å². The summed E-state index contributed by atoms with van der Waals surface area (Å²) in [5.41, 5.74) is 1.77. The molecule has 0 unspecified atom stereocenters. The third-order valence-electron chi connectivity index (χ3n) is 8.13. The molecule has 0 aliphatic heterocycles. The summed E-state index contributed by atoms with van der Waals surface area (Å²) < 4.78 is 72.1. The summed E-state index contributed by atoms with van der Waals surface area (Å²) in [6.07, 6.45) is 0. The highest BCUT2D eigenvalue weighted by molar-refractivity contribution is 7.42. The Hall–Kier alpha value is -4.23. The zero-order chi connectivity index (χ0) is 35.4. The molecule has 12 nitrogen and oxygen atoms in total. The van der Waals surface area contributed by atoms with E-state index in [1.54, 1.807) is 0 Å². The van der Waals surface area contributed by atoms with Gasteiger partial charge in [-0.05, 0) is 20.8 Å². The van der Waals surface area contributed by atoms with Crippen molar-refractivity contribution in [3.05, 3.63) is 16.7 Å². The van der Waals surface area contributed by atoms with Crippen molar-refractivity contribution in [1.29, 1.82) is 0 Å². The van der Waals surface area contributed by atoms with Crippen LogP contribution in [0.1, 0.15) is 16.7 Å². The van der Waals surface area contributed by atoms with Crippen molar-refractivity contribution >= 4 is 34.0 Å². The Bertz CT molecular complexity index is 1440. The maximum Gasteiger partial charge on any atom is 0.271 e. The minimum Gasteiger partial charge on any atom is -0.496 e. The summed E-state index contributed by atoms with van der Waals surface area (Å²) in [6.45, 7) is 5.49. The molecule has 0 amide bonds. The molecule has 14 heteroatoms. The largest absolute Gasteiger partial charge is 0.496 e. The van der Waals surface area contributed by atoms with E-state index in [4.69, 9.17) is 67.9 Å². The minimum absolute atomic E-state index is 0.238. The first-order chi connectivity index (χ1) is 22.5. The van der Waals surface area contributed by atoms with Crippen LogP contribution in [0.4, 0.5) is 0 Å². The minimum atomic E-state index is -4.30. The number of ether oxygens (including phenoxy) is 12. The fraction of sp³-hybridized carbons (Fsp3) is 0.455. The number of rotatable bonds is 15. The highest BCUT2D eigenvalue weighted by atomic mass is 35.6. The molecule has 0 saturated heterocycles. The highest BCUT2D eigenvalue weighted by Crippen LogP contribution is 2.52. The van der Waals surface area contributed by atoms with Crippen LogP contribution in [0.5, 0.6) is 69.0 Å². The zero-order valence-electron chi connectivity index (χ0n) is 29.8. The van der Waals surface area contributed by atoms with E-state index in [0.29, 0.717) is 66.7 Å². The van der Waals surface area contributed by atoms with Crippen LogP contribution in [0, 0.1) is 20.8 Å². The van der Waals surface area contributed by atoms with E-state index in [1.807, 2.05) is 20.8 Å². The quantitative estimate of drug-likeness (QED) is 0.131. The van der Waals surface area contributed by atoms with Crippen molar-refractivity contribution in [1.82, 2.24) is 0 Å². The lowest BCUT2D eigenvalue weighted by atomic mass is 10.1. The van der Waals surface area contributed by atoms with Gasteiger partial charge in [-0.3, -0.25) is 0 Å². The predicted molar refractivity (Wildman–Crippen MR) is 183 cm³/mol. The lowest BCUT2D eigenvalue weighted by Gasteiger charge is -2.36. The molecule has 0 bridgehead atoms. The van der Waals surface area contributed by atoms with Gasteiger partial charge in [-0.1, -0.05) is 0 Å². The van der Waals surface area contributed by atoms with Crippen LogP contribution in [-0.2, 0) is 0 Å². The second kappa shape index (κ2) is 15.1. The van der Waals surface area contributed by atoms with E-state index < -0.39 is 7.38 Å². The Morgan fingerprint density at radius 2 is 0.447 bits per heavy atom. The maximum atomic E-state index is 8.48. The second-order valence-electron chi connectivity index (χ2n) is 10.1. The Morgan fingerprint density at radius 1 is 0.277 bits per heavy atom. The van der Waals surface area contributed by atoms with E-state index in [-0.39, 0.29) is 34.5 Å². The molecule has 3 aromatic carbocycles. The third kappa shape index (κ3) is 5.48. The van der Waals surface area contributed by atoms with Crippen LogP contribution in [0.15, 0.2) is 0 Å². The second-order valence-corrected chi connectivity index (χ2v) is 14.6. The van der Waals surface area contributed by atoms with E-state index in [0.717, 1.165) is 0 Å². The number of methoxy groups -OCH3 is 12. The Labute approximate surface area is 282 Å². The third-order valence-corrected chi connectivity index (χ3v) is 13.3. The molecule has 0 saturated carbocycles. The van der Waals surface area contributed by atoms with Gasteiger partial charge in [0.1, 0.15) is 17.2 Å². The summed E-state index contributed by atoms with van der Waals surface area (Å²) in [6, 6.07) is 0. The lowest BCUT2D eigenvalue weighted by molar-refractivity contribution is 0.317. The van der Waals surface area contributed by atoms with Crippen LogP contribution in [0.3, 0.4) is 0 Å². The first-order valence-corrected chi connectivity index (χ1v) is 17.3. The van der Waals surface area contributed by atoms with Crippen LogP contribution in [0.25, 0.3) is 0 Å². The topological polar surface area (TPSA) is 111 Å². The van der Waals surface area contributed by atoms with Crippen molar-refractivity contribution in [2.24, 2.45) is 0 Å². The van der Waals surface area contributed by atoms with Gasteiger partial charge in [0.25, 0.3) is 7.38 Å². The summed E-state index contributed by atoms with van der Waals surface area (Å²) in [5, 5.41) is 1.22. The molecular weight excluding hydrogens is 652 g/mol. The van der Waals surface area contributed by atoms with Gasteiger partial charge in [-0.2, -0.15) is 0 Å². The van der Waals surface area contributed by atoms with Crippen molar-refractivity contribution in [2.75, 3.05) is 85.3 Å². The monoisotopic (exact) mass is 696 g/mol. The van der Waals surface area contributed by atoms with Crippen LogP contribution < -0.4 is 72.4 Å². The van der Waals surface area contributed by atoms with E-state index in [9.17, 15) is 0 Å². The molecule has 0 aliphatic carbocycles. The van der Waals surface area contributed by atoms with Gasteiger partial charge in [0, 0.05) is 16.7 Å². The van der Waals surface area contributed by atoms with Gasteiger partial charge in [0.2, 0.25) is 17.2 Å². The van der Waals surface area contributed by atoms with Crippen LogP contribution in [-0.4, -0.2) is 92.7 Å². The maximum absolute atomic E-state index is 8.48. The molecule has 47 heavy (non-hydrogen) atoms. The Kier molecular flexibility index (Phi) is 12.0. The first-order valence-electron chi connectivity index (χ1n) is 14.3.